The number of Topliss-reactive ketones (excluding diaryl/α,β-unsaturated/α-hetero) is 1. The molecule has 6 nitrogen and oxygen atoms in total. The molecular formula is C21H24FN5OS. The maximum absolute atomic E-state index is 13.5. The van der Waals surface area contributed by atoms with Crippen molar-refractivity contribution in [2.45, 2.75) is 37.4 Å². The molecule has 0 saturated carbocycles. The summed E-state index contributed by atoms with van der Waals surface area (Å²) < 4.78 is 15.4. The fourth-order valence-electron chi connectivity index (χ4n) is 3.66. The monoisotopic (exact) mass is 413 g/mol. The molecule has 4 rings (SSSR count). The molecule has 29 heavy (non-hydrogen) atoms. The van der Waals surface area contributed by atoms with Gasteiger partial charge in [0.1, 0.15) is 5.82 Å². The lowest BCUT2D eigenvalue weighted by Gasteiger charge is -2.31. The Labute approximate surface area is 173 Å². The molecular weight excluding hydrogens is 389 g/mol. The largest absolute Gasteiger partial charge is 0.359 e. The van der Waals surface area contributed by atoms with E-state index >= 15 is 0 Å². The highest BCUT2D eigenvalue weighted by Crippen LogP contribution is 2.29. The lowest BCUT2D eigenvalue weighted by atomic mass is 10.1. The van der Waals surface area contributed by atoms with Crippen molar-refractivity contribution in [2.24, 2.45) is 0 Å². The van der Waals surface area contributed by atoms with Crippen LogP contribution in [0.3, 0.4) is 0 Å². The molecule has 152 valence electrons. The van der Waals surface area contributed by atoms with E-state index in [-0.39, 0.29) is 23.4 Å². The molecule has 1 atom stereocenters. The zero-order valence-electron chi connectivity index (χ0n) is 16.3. The van der Waals surface area contributed by atoms with Gasteiger partial charge in [0.2, 0.25) is 0 Å². The van der Waals surface area contributed by atoms with E-state index in [1.165, 1.54) is 43.2 Å². The summed E-state index contributed by atoms with van der Waals surface area (Å²) in [5.41, 5.74) is 1.37. The van der Waals surface area contributed by atoms with Gasteiger partial charge in [0.25, 0.3) is 0 Å². The summed E-state index contributed by atoms with van der Waals surface area (Å²) >= 11 is 1.34. The van der Waals surface area contributed by atoms with Crippen LogP contribution in [-0.2, 0) is 0 Å². The Hall–Kier alpha value is -2.45. The Morgan fingerprint density at radius 1 is 1.17 bits per heavy atom. The van der Waals surface area contributed by atoms with Crippen molar-refractivity contribution >= 4 is 17.5 Å². The molecule has 0 bridgehead atoms. The third-order valence-electron chi connectivity index (χ3n) is 5.29. The second-order valence-electron chi connectivity index (χ2n) is 7.22. The summed E-state index contributed by atoms with van der Waals surface area (Å²) in [6.07, 6.45) is 5.36. The van der Waals surface area contributed by atoms with Crippen LogP contribution in [0.5, 0.6) is 0 Å². The lowest BCUT2D eigenvalue weighted by Crippen LogP contribution is -2.33. The molecule has 1 N–H and O–H groups in total. The summed E-state index contributed by atoms with van der Waals surface area (Å²) in [6, 6.07) is 9.96. The quantitative estimate of drug-likeness (QED) is 0.463. The fourth-order valence-corrected chi connectivity index (χ4v) is 4.50. The van der Waals surface area contributed by atoms with E-state index in [2.05, 4.69) is 27.0 Å². The van der Waals surface area contributed by atoms with Gasteiger partial charge in [0.05, 0.1) is 17.5 Å². The van der Waals surface area contributed by atoms with Gasteiger partial charge in [-0.15, -0.1) is 10.2 Å². The molecule has 1 fully saturated rings. The molecule has 0 amide bonds. The van der Waals surface area contributed by atoms with Crippen molar-refractivity contribution < 1.29 is 9.18 Å². The molecule has 1 aliphatic heterocycles. The standard InChI is InChI=1S/C21H24FN5OS/c1-15(26-12-3-2-4-13-26)20-24-25-21(27(20)17-9-7-16(22)8-10-17)29-14-19(28)18-6-5-11-23-18/h5-11,15,23H,2-4,12-14H2,1H3. The molecule has 1 aliphatic rings. The van der Waals surface area contributed by atoms with Gasteiger partial charge in [0.15, 0.2) is 16.8 Å². The fraction of sp³-hybridized carbons (Fsp3) is 0.381. The minimum absolute atomic E-state index is 0.000662. The van der Waals surface area contributed by atoms with Crippen LogP contribution in [0.4, 0.5) is 4.39 Å². The van der Waals surface area contributed by atoms with Gasteiger partial charge < -0.3 is 4.98 Å². The number of benzene rings is 1. The van der Waals surface area contributed by atoms with Crippen LogP contribution in [-0.4, -0.2) is 49.3 Å². The number of carbonyl (C=O) groups excluding carboxylic acids is 1. The van der Waals surface area contributed by atoms with E-state index in [9.17, 15) is 9.18 Å². The molecule has 1 aromatic carbocycles. The molecule has 2 aromatic heterocycles. The van der Waals surface area contributed by atoms with Crippen LogP contribution < -0.4 is 0 Å². The van der Waals surface area contributed by atoms with Crippen LogP contribution >= 0.6 is 11.8 Å². The van der Waals surface area contributed by atoms with Crippen molar-refractivity contribution in [3.05, 3.63) is 59.9 Å². The van der Waals surface area contributed by atoms with E-state index in [0.29, 0.717) is 10.9 Å². The van der Waals surface area contributed by atoms with E-state index < -0.39 is 0 Å². The van der Waals surface area contributed by atoms with Crippen LogP contribution in [0.15, 0.2) is 47.8 Å². The van der Waals surface area contributed by atoms with E-state index in [4.69, 9.17) is 0 Å². The third kappa shape index (κ3) is 4.43. The Morgan fingerprint density at radius 3 is 2.62 bits per heavy atom. The number of aromatic amines is 1. The number of H-pyrrole nitrogens is 1. The van der Waals surface area contributed by atoms with Crippen molar-refractivity contribution in [3.63, 3.8) is 0 Å². The average Bonchev–Trinajstić information content (AvgIpc) is 3.43. The summed E-state index contributed by atoms with van der Waals surface area (Å²) in [4.78, 5) is 17.7. The van der Waals surface area contributed by atoms with Crippen LogP contribution in [0.2, 0.25) is 0 Å². The Bertz CT molecular complexity index is 948. The first kappa shape index (κ1) is 19.8. The van der Waals surface area contributed by atoms with Crippen molar-refractivity contribution in [1.29, 1.82) is 0 Å². The molecule has 1 unspecified atom stereocenters. The number of rotatable bonds is 7. The van der Waals surface area contributed by atoms with Gasteiger partial charge in [-0.2, -0.15) is 0 Å². The number of nitrogens with one attached hydrogen (secondary N) is 1. The molecule has 3 aromatic rings. The van der Waals surface area contributed by atoms with Gasteiger partial charge in [-0.3, -0.25) is 14.3 Å². The average molecular weight is 414 g/mol. The molecule has 0 spiro atoms. The summed E-state index contributed by atoms with van der Waals surface area (Å²) in [5.74, 6) is 0.772. The first-order chi connectivity index (χ1) is 14.1. The molecule has 1 saturated heterocycles. The lowest BCUT2D eigenvalue weighted by molar-refractivity contribution is 0.101. The first-order valence-electron chi connectivity index (χ1n) is 9.88. The molecule has 8 heteroatoms. The zero-order chi connectivity index (χ0) is 20.2. The molecule has 0 radical (unpaired) electrons. The van der Waals surface area contributed by atoms with E-state index in [1.807, 2.05) is 4.57 Å². The van der Waals surface area contributed by atoms with E-state index in [0.717, 1.165) is 24.6 Å². The van der Waals surface area contributed by atoms with Crippen molar-refractivity contribution in [3.8, 4) is 5.69 Å². The minimum Gasteiger partial charge on any atom is -0.359 e. The highest BCUT2D eigenvalue weighted by molar-refractivity contribution is 7.99. The van der Waals surface area contributed by atoms with Gasteiger partial charge in [-0.1, -0.05) is 18.2 Å². The second-order valence-corrected chi connectivity index (χ2v) is 8.16. The SMILES string of the molecule is CC(c1nnc(SCC(=O)c2ccc[nH]2)n1-c1ccc(F)cc1)N1CCCCC1. The van der Waals surface area contributed by atoms with Crippen molar-refractivity contribution in [1.82, 2.24) is 24.6 Å². The smallest absolute Gasteiger partial charge is 0.196 e. The van der Waals surface area contributed by atoms with Crippen LogP contribution in [0.1, 0.15) is 48.5 Å². The number of carbonyl (C=O) groups is 1. The number of hydrogen-bond donors (Lipinski definition) is 1. The first-order valence-corrected chi connectivity index (χ1v) is 10.9. The Morgan fingerprint density at radius 2 is 1.93 bits per heavy atom. The maximum Gasteiger partial charge on any atom is 0.196 e. The Balaban J connectivity index is 1.62. The minimum atomic E-state index is -0.288. The van der Waals surface area contributed by atoms with Gasteiger partial charge in [-0.05, 0) is 69.3 Å². The highest BCUT2D eigenvalue weighted by atomic mass is 32.2. The predicted molar refractivity (Wildman–Crippen MR) is 111 cm³/mol. The maximum atomic E-state index is 13.5. The highest BCUT2D eigenvalue weighted by Gasteiger charge is 2.26. The van der Waals surface area contributed by atoms with Gasteiger partial charge >= 0.3 is 0 Å². The number of hydrogen-bond acceptors (Lipinski definition) is 5. The number of likely N-dealkylation sites (tertiary alicyclic amines) is 1. The Kier molecular flexibility index (Phi) is 6.10. The summed E-state index contributed by atoms with van der Waals surface area (Å²) in [7, 11) is 0. The van der Waals surface area contributed by atoms with Crippen molar-refractivity contribution in [2.75, 3.05) is 18.8 Å². The summed E-state index contributed by atoms with van der Waals surface area (Å²) in [6.45, 7) is 4.20. The third-order valence-corrected chi connectivity index (χ3v) is 6.21. The number of piperidine rings is 1. The van der Waals surface area contributed by atoms with E-state index in [1.54, 1.807) is 30.5 Å². The predicted octanol–water partition coefficient (Wildman–Crippen LogP) is 4.26. The topological polar surface area (TPSA) is 66.8 Å². The number of ketones is 1. The van der Waals surface area contributed by atoms with Crippen LogP contribution in [0, 0.1) is 5.82 Å². The number of nitrogens with zero attached hydrogens (tertiary/aromatic N) is 4. The number of halogens is 1. The number of aromatic nitrogens is 4. The van der Waals surface area contributed by atoms with Crippen LogP contribution in [0.25, 0.3) is 5.69 Å². The second kappa shape index (κ2) is 8.92. The number of thioether (sulfide) groups is 1. The normalized spacial score (nSPS) is 16.1. The molecule has 0 aliphatic carbocycles. The zero-order valence-corrected chi connectivity index (χ0v) is 17.2. The summed E-state index contributed by atoms with van der Waals surface area (Å²) in [5, 5.41) is 9.48. The van der Waals surface area contributed by atoms with Gasteiger partial charge in [-0.25, -0.2) is 4.39 Å². The van der Waals surface area contributed by atoms with Gasteiger partial charge in [0, 0.05) is 11.9 Å². The molecule has 3 heterocycles.